The van der Waals surface area contributed by atoms with E-state index in [1.54, 1.807) is 83.9 Å². The maximum Gasteiger partial charge on any atom is 0.268 e. The van der Waals surface area contributed by atoms with Crippen LogP contribution in [0.15, 0.2) is 108 Å². The van der Waals surface area contributed by atoms with Gasteiger partial charge in [-0.3, -0.25) is 9.59 Å². The topological polar surface area (TPSA) is 130 Å². The maximum atomic E-state index is 13.6. The molecule has 3 heterocycles. The van der Waals surface area contributed by atoms with Crippen LogP contribution in [0.2, 0.25) is 5.02 Å². The van der Waals surface area contributed by atoms with Crippen LogP contribution < -0.4 is 10.6 Å². The van der Waals surface area contributed by atoms with Gasteiger partial charge in [-0.15, -0.1) is 0 Å². The summed E-state index contributed by atoms with van der Waals surface area (Å²) in [7, 11) is -0.0492. The van der Waals surface area contributed by atoms with Crippen LogP contribution >= 0.6 is 11.6 Å². The van der Waals surface area contributed by atoms with Crippen LogP contribution in [0.1, 0.15) is 23.2 Å². The largest absolute Gasteiger partial charge is 0.350 e. The lowest BCUT2D eigenvalue weighted by atomic mass is 10.0. The molecule has 0 saturated carbocycles. The number of benzene rings is 3. The smallest absolute Gasteiger partial charge is 0.268 e. The fraction of sp³-hybridized carbons (Fsp3) is 0.222. The molecule has 252 valence electrons. The molecule has 0 bridgehead atoms. The summed E-state index contributed by atoms with van der Waals surface area (Å²) >= 11 is 6.63. The van der Waals surface area contributed by atoms with Crippen molar-refractivity contribution in [3.63, 3.8) is 0 Å². The first kappa shape index (κ1) is 33.8. The Morgan fingerprint density at radius 3 is 2.51 bits per heavy atom. The van der Waals surface area contributed by atoms with E-state index in [1.807, 2.05) is 31.1 Å². The number of fused-ring (bicyclic) bond motifs is 1. The number of para-hydroxylation sites is 1. The number of amides is 2. The zero-order valence-electron chi connectivity index (χ0n) is 27.1. The number of halogens is 1. The molecule has 1 fully saturated rings. The van der Waals surface area contributed by atoms with Crippen molar-refractivity contribution in [2.75, 3.05) is 44.4 Å². The van der Waals surface area contributed by atoms with E-state index in [1.165, 1.54) is 16.2 Å². The van der Waals surface area contributed by atoms with Gasteiger partial charge in [-0.1, -0.05) is 54.1 Å². The molecule has 1 saturated heterocycles. The Morgan fingerprint density at radius 2 is 1.76 bits per heavy atom. The summed E-state index contributed by atoms with van der Waals surface area (Å²) in [5, 5.41) is 7.12. The molecule has 1 aliphatic heterocycles. The predicted octanol–water partition coefficient (Wildman–Crippen LogP) is 5.76. The molecule has 11 nitrogen and oxygen atoms in total. The van der Waals surface area contributed by atoms with E-state index in [4.69, 9.17) is 16.6 Å². The first-order valence-corrected chi connectivity index (χ1v) is 17.6. The highest BCUT2D eigenvalue weighted by Gasteiger charge is 2.27. The van der Waals surface area contributed by atoms with Gasteiger partial charge in [-0.25, -0.2) is 22.4 Å². The van der Waals surface area contributed by atoms with E-state index < -0.39 is 10.0 Å². The van der Waals surface area contributed by atoms with E-state index in [0.29, 0.717) is 59.0 Å². The van der Waals surface area contributed by atoms with Crippen molar-refractivity contribution in [1.82, 2.24) is 23.7 Å². The molecule has 2 aromatic heterocycles. The fourth-order valence-corrected chi connectivity index (χ4v) is 7.35. The molecule has 13 heteroatoms. The number of carbonyl (C=O) groups is 2. The summed E-state index contributed by atoms with van der Waals surface area (Å²) in [6.45, 7) is 1.70. The number of hydrogen-bond donors (Lipinski definition) is 2. The van der Waals surface area contributed by atoms with Crippen LogP contribution in [0, 0.1) is 0 Å². The third-order valence-electron chi connectivity index (χ3n) is 8.16. The van der Waals surface area contributed by atoms with Crippen LogP contribution in [0.4, 0.5) is 11.6 Å². The minimum atomic E-state index is -3.90. The molecule has 6 rings (SSSR count). The van der Waals surface area contributed by atoms with E-state index in [0.717, 1.165) is 12.8 Å². The molecule has 1 aliphatic rings. The summed E-state index contributed by atoms with van der Waals surface area (Å²) in [6, 6.07) is 22.2. The van der Waals surface area contributed by atoms with E-state index in [-0.39, 0.29) is 27.8 Å². The average molecular weight is 698 g/mol. The molecule has 3 aromatic carbocycles. The Labute approximate surface area is 290 Å². The van der Waals surface area contributed by atoms with E-state index in [2.05, 4.69) is 15.6 Å². The second-order valence-electron chi connectivity index (χ2n) is 12.0. The van der Waals surface area contributed by atoms with Crippen molar-refractivity contribution in [3.8, 4) is 11.3 Å². The normalized spacial score (nSPS) is 15.2. The van der Waals surface area contributed by atoms with Gasteiger partial charge in [0.2, 0.25) is 11.9 Å². The molecule has 49 heavy (non-hydrogen) atoms. The maximum absolute atomic E-state index is 13.6. The molecular weight excluding hydrogens is 662 g/mol. The molecule has 2 amide bonds. The third-order valence-corrected chi connectivity index (χ3v) is 10.1. The minimum Gasteiger partial charge on any atom is -0.350 e. The number of rotatable bonds is 10. The van der Waals surface area contributed by atoms with Crippen molar-refractivity contribution in [1.29, 1.82) is 0 Å². The fourth-order valence-electron chi connectivity index (χ4n) is 5.76. The molecule has 2 N–H and O–H groups in total. The van der Waals surface area contributed by atoms with Crippen molar-refractivity contribution in [2.24, 2.45) is 0 Å². The SMILES string of the molecule is CN(C)C/C=C/C(=O)Nc1ccc(C(=O)N2CCC[C@@H](Nc3ncc(Cl)c(-c4cn(S(=O)(=O)c5ccccc5)c5ccccc45)n3)C2)cc1. The van der Waals surface area contributed by atoms with Gasteiger partial charge in [0.05, 0.1) is 27.3 Å². The average Bonchev–Trinajstić information content (AvgIpc) is 3.50. The van der Waals surface area contributed by atoms with Crippen molar-refractivity contribution in [2.45, 2.75) is 23.8 Å². The highest BCUT2D eigenvalue weighted by atomic mass is 35.5. The van der Waals surface area contributed by atoms with Gasteiger partial charge in [-0.05, 0) is 69.4 Å². The second kappa shape index (κ2) is 14.6. The van der Waals surface area contributed by atoms with Gasteiger partial charge in [0.1, 0.15) is 0 Å². The van der Waals surface area contributed by atoms with E-state index in [9.17, 15) is 18.0 Å². The molecule has 5 aromatic rings. The number of carbonyl (C=O) groups excluding carboxylic acids is 2. The van der Waals surface area contributed by atoms with Gasteiger partial charge in [0.15, 0.2) is 0 Å². The van der Waals surface area contributed by atoms with Gasteiger partial charge in [0.25, 0.3) is 15.9 Å². The first-order chi connectivity index (χ1) is 23.6. The monoisotopic (exact) mass is 697 g/mol. The van der Waals surface area contributed by atoms with Crippen LogP contribution in [0.5, 0.6) is 0 Å². The molecule has 0 spiro atoms. The summed E-state index contributed by atoms with van der Waals surface area (Å²) < 4.78 is 28.5. The highest BCUT2D eigenvalue weighted by molar-refractivity contribution is 7.90. The number of piperidine rings is 1. The summed E-state index contributed by atoms with van der Waals surface area (Å²) in [4.78, 5) is 38.7. The highest BCUT2D eigenvalue weighted by Crippen LogP contribution is 2.36. The molecule has 1 atom stereocenters. The third kappa shape index (κ3) is 7.67. The van der Waals surface area contributed by atoms with Crippen LogP contribution in [0.25, 0.3) is 22.2 Å². The van der Waals surface area contributed by atoms with Crippen LogP contribution in [-0.2, 0) is 14.8 Å². The Kier molecular flexibility index (Phi) is 10.1. The lowest BCUT2D eigenvalue weighted by Gasteiger charge is -2.33. The number of hydrogen-bond acceptors (Lipinski definition) is 8. The zero-order valence-corrected chi connectivity index (χ0v) is 28.7. The molecule has 0 unspecified atom stereocenters. The van der Waals surface area contributed by atoms with Crippen molar-refractivity contribution >= 4 is 56.0 Å². The van der Waals surface area contributed by atoms with Gasteiger partial charge in [-0.2, -0.15) is 0 Å². The summed E-state index contributed by atoms with van der Waals surface area (Å²) in [6.07, 6.45) is 7.89. The predicted molar refractivity (Wildman–Crippen MR) is 192 cm³/mol. The van der Waals surface area contributed by atoms with Crippen molar-refractivity contribution < 1.29 is 18.0 Å². The zero-order chi connectivity index (χ0) is 34.5. The molecule has 0 aliphatic carbocycles. The molecular formula is C36H36ClN7O4S. The summed E-state index contributed by atoms with van der Waals surface area (Å²) in [5.41, 5.74) is 2.57. The Bertz CT molecular complexity index is 2120. The van der Waals surface area contributed by atoms with Crippen LogP contribution in [-0.4, -0.2) is 83.7 Å². The first-order valence-electron chi connectivity index (χ1n) is 15.8. The molecule has 0 radical (unpaired) electrons. The lowest BCUT2D eigenvalue weighted by molar-refractivity contribution is -0.111. The minimum absolute atomic E-state index is 0.111. The lowest BCUT2D eigenvalue weighted by Crippen LogP contribution is -2.45. The van der Waals surface area contributed by atoms with Crippen molar-refractivity contribution in [3.05, 3.63) is 114 Å². The van der Waals surface area contributed by atoms with Gasteiger partial charge in [0, 0.05) is 60.1 Å². The number of anilines is 2. The van der Waals surface area contributed by atoms with Gasteiger partial charge < -0.3 is 20.4 Å². The number of nitrogens with one attached hydrogen (secondary N) is 2. The Balaban J connectivity index is 1.17. The Morgan fingerprint density at radius 1 is 1.02 bits per heavy atom. The number of likely N-dealkylation sites (N-methyl/N-ethyl adjacent to an activating group) is 1. The Hall–Kier alpha value is -5.04. The van der Waals surface area contributed by atoms with E-state index >= 15 is 0 Å². The van der Waals surface area contributed by atoms with Crippen LogP contribution in [0.3, 0.4) is 0 Å². The summed E-state index contributed by atoms with van der Waals surface area (Å²) in [5.74, 6) is -0.0250. The van der Waals surface area contributed by atoms with Gasteiger partial charge >= 0.3 is 0 Å². The standard InChI is InChI=1S/C36H36ClN7O4S/c1-42(2)20-9-15-33(45)39-26-18-16-25(17-19-26)35(46)43-21-8-10-27(23-43)40-36-38-22-31(37)34(41-36)30-24-44(32-14-7-6-13-29(30)32)49(47,48)28-11-4-3-5-12-28/h3-7,9,11-19,22,24,27H,8,10,20-21,23H2,1-2H3,(H,39,45)(H,38,40,41)/b15-9+/t27-/m1/s1. The number of aromatic nitrogens is 3. The second-order valence-corrected chi connectivity index (χ2v) is 14.3. The number of nitrogens with zero attached hydrogens (tertiary/aromatic N) is 5. The number of likely N-dealkylation sites (tertiary alicyclic amines) is 1. The quantitative estimate of drug-likeness (QED) is 0.176.